The summed E-state index contributed by atoms with van der Waals surface area (Å²) in [6.07, 6.45) is 8.14. The molecule has 4 heteroatoms. The number of hydrogen-bond donors (Lipinski definition) is 0. The Bertz CT molecular complexity index is 461. The molecule has 2 rings (SSSR count). The van der Waals surface area contributed by atoms with E-state index in [0.717, 1.165) is 29.6 Å². The first-order valence-corrected chi connectivity index (χ1v) is 8.52. The van der Waals surface area contributed by atoms with E-state index in [1.54, 1.807) is 0 Å². The smallest absolute Gasteiger partial charge is 0.270 e. The minimum atomic E-state index is 0.179. The number of carbonyl (C=O) groups excluding carboxylic acids is 1. The van der Waals surface area contributed by atoms with Crippen LogP contribution in [0.4, 0.5) is 0 Å². The average molecular weight is 341 g/mol. The third-order valence-electron chi connectivity index (χ3n) is 4.21. The Morgan fingerprint density at radius 3 is 2.60 bits per heavy atom. The van der Waals surface area contributed by atoms with Crippen molar-refractivity contribution in [3.63, 3.8) is 0 Å². The molecule has 20 heavy (non-hydrogen) atoms. The Hall–Kier alpha value is -0.770. The molecule has 1 aliphatic rings. The first-order valence-electron chi connectivity index (χ1n) is 7.73. The van der Waals surface area contributed by atoms with E-state index in [-0.39, 0.29) is 5.91 Å². The molecule has 0 aromatic carbocycles. The molecule has 0 aliphatic heterocycles. The van der Waals surface area contributed by atoms with Gasteiger partial charge in [-0.15, -0.1) is 0 Å². The second kappa shape index (κ2) is 6.79. The number of nitrogens with zero attached hydrogens (tertiary/aromatic N) is 2. The summed E-state index contributed by atoms with van der Waals surface area (Å²) in [5, 5.41) is 0. The summed E-state index contributed by atoms with van der Waals surface area (Å²) in [5.74, 6) is 0.179. The Morgan fingerprint density at radius 1 is 1.40 bits per heavy atom. The van der Waals surface area contributed by atoms with Crippen molar-refractivity contribution in [3.05, 3.63) is 22.4 Å². The molecule has 1 aliphatic carbocycles. The van der Waals surface area contributed by atoms with Gasteiger partial charge in [0.2, 0.25) is 0 Å². The number of aromatic nitrogens is 1. The minimum Gasteiger partial charge on any atom is -0.340 e. The van der Waals surface area contributed by atoms with Crippen LogP contribution < -0.4 is 0 Å². The summed E-state index contributed by atoms with van der Waals surface area (Å²) in [6, 6.07) is 2.68. The lowest BCUT2D eigenvalue weighted by atomic mass is 9.94. The van der Waals surface area contributed by atoms with Gasteiger partial charge in [0.1, 0.15) is 5.69 Å². The minimum absolute atomic E-state index is 0.179. The normalized spacial score (nSPS) is 16.6. The van der Waals surface area contributed by atoms with E-state index in [2.05, 4.69) is 46.2 Å². The van der Waals surface area contributed by atoms with Crippen molar-refractivity contribution in [3.8, 4) is 0 Å². The van der Waals surface area contributed by atoms with Gasteiger partial charge in [-0.25, -0.2) is 0 Å². The van der Waals surface area contributed by atoms with Crippen LogP contribution in [0, 0.1) is 0 Å². The largest absolute Gasteiger partial charge is 0.340 e. The topological polar surface area (TPSA) is 25.2 Å². The standard InChI is InChI=1S/C16H25BrN2O/c1-4-18(14-8-6-5-7-9-14)16(20)15-10-13(17)11-19(15)12(2)3/h10-12,14H,4-9H2,1-3H3. The van der Waals surface area contributed by atoms with Crippen molar-refractivity contribution >= 4 is 21.8 Å². The fourth-order valence-electron chi connectivity index (χ4n) is 3.15. The quantitative estimate of drug-likeness (QED) is 0.784. The summed E-state index contributed by atoms with van der Waals surface area (Å²) < 4.78 is 3.05. The molecule has 0 N–H and O–H groups in total. The van der Waals surface area contributed by atoms with Crippen LogP contribution in [-0.4, -0.2) is 28.0 Å². The van der Waals surface area contributed by atoms with Gasteiger partial charge in [-0.2, -0.15) is 0 Å². The van der Waals surface area contributed by atoms with Gasteiger partial charge in [-0.05, 0) is 55.6 Å². The molecule has 0 spiro atoms. The van der Waals surface area contributed by atoms with E-state index in [4.69, 9.17) is 0 Å². The van der Waals surface area contributed by atoms with E-state index in [1.165, 1.54) is 19.3 Å². The lowest BCUT2D eigenvalue weighted by molar-refractivity contribution is 0.0635. The highest BCUT2D eigenvalue weighted by molar-refractivity contribution is 9.10. The summed E-state index contributed by atoms with van der Waals surface area (Å²) in [4.78, 5) is 15.0. The third-order valence-corrected chi connectivity index (χ3v) is 4.64. The highest BCUT2D eigenvalue weighted by Gasteiger charge is 2.27. The Kier molecular flexibility index (Phi) is 5.30. The van der Waals surface area contributed by atoms with Crippen LogP contribution in [-0.2, 0) is 0 Å². The molecule has 1 aromatic rings. The molecule has 112 valence electrons. The zero-order valence-corrected chi connectivity index (χ0v) is 14.3. The second-order valence-electron chi connectivity index (χ2n) is 5.93. The average Bonchev–Trinajstić information content (AvgIpc) is 2.83. The SMILES string of the molecule is CCN(C(=O)c1cc(Br)cn1C(C)C)C1CCCCC1. The summed E-state index contributed by atoms with van der Waals surface area (Å²) in [5.41, 5.74) is 0.805. The Morgan fingerprint density at radius 2 is 2.05 bits per heavy atom. The van der Waals surface area contributed by atoms with Gasteiger partial charge in [-0.3, -0.25) is 4.79 Å². The van der Waals surface area contributed by atoms with E-state index >= 15 is 0 Å². The van der Waals surface area contributed by atoms with Gasteiger partial charge in [0.15, 0.2) is 0 Å². The molecule has 0 saturated heterocycles. The van der Waals surface area contributed by atoms with Crippen molar-refractivity contribution < 1.29 is 4.79 Å². The fourth-order valence-corrected chi connectivity index (χ4v) is 3.59. The van der Waals surface area contributed by atoms with Crippen molar-refractivity contribution in [1.82, 2.24) is 9.47 Å². The van der Waals surface area contributed by atoms with E-state index in [9.17, 15) is 4.79 Å². The number of rotatable bonds is 4. The number of amides is 1. The van der Waals surface area contributed by atoms with Crippen molar-refractivity contribution in [2.24, 2.45) is 0 Å². The molecule has 1 aromatic heterocycles. The van der Waals surface area contributed by atoms with E-state index in [1.807, 2.05) is 12.3 Å². The molecule has 1 amide bonds. The van der Waals surface area contributed by atoms with Crippen LogP contribution >= 0.6 is 15.9 Å². The molecule has 1 fully saturated rings. The Labute approximate surface area is 130 Å². The van der Waals surface area contributed by atoms with Gasteiger partial charge < -0.3 is 9.47 Å². The van der Waals surface area contributed by atoms with Crippen LogP contribution in [0.15, 0.2) is 16.7 Å². The van der Waals surface area contributed by atoms with Gasteiger partial charge >= 0.3 is 0 Å². The van der Waals surface area contributed by atoms with Crippen LogP contribution in [0.25, 0.3) is 0 Å². The van der Waals surface area contributed by atoms with Crippen molar-refractivity contribution in [2.75, 3.05) is 6.54 Å². The maximum absolute atomic E-state index is 12.9. The molecule has 0 bridgehead atoms. The molecule has 3 nitrogen and oxygen atoms in total. The molecule has 0 atom stereocenters. The highest BCUT2D eigenvalue weighted by atomic mass is 79.9. The lowest BCUT2D eigenvalue weighted by Gasteiger charge is -2.34. The van der Waals surface area contributed by atoms with Gasteiger partial charge in [0.25, 0.3) is 5.91 Å². The fraction of sp³-hybridized carbons (Fsp3) is 0.688. The second-order valence-corrected chi connectivity index (χ2v) is 6.84. The molecule has 1 saturated carbocycles. The first-order chi connectivity index (χ1) is 9.54. The molecular weight excluding hydrogens is 316 g/mol. The van der Waals surface area contributed by atoms with Crippen LogP contribution in [0.5, 0.6) is 0 Å². The monoisotopic (exact) mass is 340 g/mol. The molecule has 0 radical (unpaired) electrons. The molecular formula is C16H25BrN2O. The first kappa shape index (κ1) is 15.6. The predicted octanol–water partition coefficient (Wildman–Crippen LogP) is 4.63. The zero-order chi connectivity index (χ0) is 14.7. The van der Waals surface area contributed by atoms with Crippen LogP contribution in [0.3, 0.4) is 0 Å². The van der Waals surface area contributed by atoms with Gasteiger partial charge in [-0.1, -0.05) is 19.3 Å². The van der Waals surface area contributed by atoms with Gasteiger partial charge in [0.05, 0.1) is 0 Å². The highest BCUT2D eigenvalue weighted by Crippen LogP contribution is 2.26. The summed E-state index contributed by atoms with van der Waals surface area (Å²) >= 11 is 3.50. The summed E-state index contributed by atoms with van der Waals surface area (Å²) in [7, 11) is 0. The molecule has 0 unspecified atom stereocenters. The van der Waals surface area contributed by atoms with Crippen LogP contribution in [0.1, 0.15) is 69.4 Å². The van der Waals surface area contributed by atoms with E-state index < -0.39 is 0 Å². The zero-order valence-electron chi connectivity index (χ0n) is 12.7. The maximum atomic E-state index is 12.9. The van der Waals surface area contributed by atoms with Crippen LogP contribution in [0.2, 0.25) is 0 Å². The third kappa shape index (κ3) is 3.27. The number of hydrogen-bond acceptors (Lipinski definition) is 1. The van der Waals surface area contributed by atoms with E-state index in [0.29, 0.717) is 12.1 Å². The summed E-state index contributed by atoms with van der Waals surface area (Å²) in [6.45, 7) is 7.11. The molecule has 1 heterocycles. The Balaban J connectivity index is 2.23. The maximum Gasteiger partial charge on any atom is 0.270 e. The lowest BCUT2D eigenvalue weighted by Crippen LogP contribution is -2.42. The van der Waals surface area contributed by atoms with Gasteiger partial charge in [0, 0.05) is 29.3 Å². The van der Waals surface area contributed by atoms with Crippen molar-refractivity contribution in [2.45, 2.75) is 65.0 Å². The van der Waals surface area contributed by atoms with Crippen molar-refractivity contribution in [1.29, 1.82) is 0 Å². The predicted molar refractivity (Wildman–Crippen MR) is 86.1 cm³/mol. The number of carbonyl (C=O) groups is 1. The number of halogens is 1.